The number of para-hydroxylation sites is 1. The van der Waals surface area contributed by atoms with Crippen LogP contribution >= 0.6 is 0 Å². The van der Waals surface area contributed by atoms with E-state index < -0.39 is 18.0 Å². The Hall–Kier alpha value is -2.92. The molecule has 5 nitrogen and oxygen atoms in total. The zero-order valence-electron chi connectivity index (χ0n) is 11.4. The van der Waals surface area contributed by atoms with Crippen LogP contribution in [0.1, 0.15) is 15.9 Å². The number of aliphatic hydroxyl groups excluding tert-OH is 1. The van der Waals surface area contributed by atoms with Gasteiger partial charge in [0.2, 0.25) is 0 Å². The second-order valence-corrected chi connectivity index (χ2v) is 4.75. The van der Waals surface area contributed by atoms with Crippen LogP contribution in [0.2, 0.25) is 0 Å². The molecule has 110 valence electrons. The Morgan fingerprint density at radius 3 is 2.41 bits per heavy atom. The van der Waals surface area contributed by atoms with E-state index in [1.54, 1.807) is 24.3 Å². The van der Waals surface area contributed by atoms with Gasteiger partial charge in [-0.05, 0) is 12.1 Å². The van der Waals surface area contributed by atoms with Crippen molar-refractivity contribution in [3.05, 3.63) is 69.9 Å². The third-order valence-corrected chi connectivity index (χ3v) is 3.44. The van der Waals surface area contributed by atoms with Gasteiger partial charge in [-0.3, -0.25) is 4.79 Å². The van der Waals surface area contributed by atoms with Crippen molar-refractivity contribution in [2.24, 2.45) is 0 Å². The van der Waals surface area contributed by atoms with Gasteiger partial charge in [-0.25, -0.2) is 4.79 Å². The van der Waals surface area contributed by atoms with Crippen molar-refractivity contribution in [2.75, 3.05) is 0 Å². The second-order valence-electron chi connectivity index (χ2n) is 4.75. The van der Waals surface area contributed by atoms with Crippen molar-refractivity contribution in [3.8, 4) is 11.3 Å². The van der Waals surface area contributed by atoms with E-state index in [2.05, 4.69) is 0 Å². The minimum Gasteiger partial charge on any atom is -0.478 e. The molecule has 0 bridgehead atoms. The average molecular weight is 296 g/mol. The largest absolute Gasteiger partial charge is 0.478 e. The number of aliphatic hydroxyl groups is 1. The van der Waals surface area contributed by atoms with E-state index in [1.807, 2.05) is 6.07 Å². The Labute approximate surface area is 125 Å². The molecule has 0 aliphatic carbocycles. The predicted octanol–water partition coefficient (Wildman–Crippen LogP) is 2.65. The van der Waals surface area contributed by atoms with Crippen LogP contribution in [0.15, 0.2) is 57.7 Å². The van der Waals surface area contributed by atoms with Gasteiger partial charge in [0.05, 0.1) is 17.6 Å². The molecule has 1 aromatic heterocycles. The van der Waals surface area contributed by atoms with Crippen molar-refractivity contribution in [2.45, 2.75) is 6.61 Å². The lowest BCUT2D eigenvalue weighted by Gasteiger charge is -2.09. The van der Waals surface area contributed by atoms with E-state index in [1.165, 1.54) is 18.2 Å². The summed E-state index contributed by atoms with van der Waals surface area (Å²) in [7, 11) is 0. The fourth-order valence-corrected chi connectivity index (χ4v) is 2.39. The summed E-state index contributed by atoms with van der Waals surface area (Å²) >= 11 is 0. The number of rotatable bonds is 3. The topological polar surface area (TPSA) is 87.7 Å². The fraction of sp³-hybridized carbons (Fsp3) is 0.0588. The number of fused-ring (bicyclic) bond motifs is 1. The van der Waals surface area contributed by atoms with Gasteiger partial charge in [0, 0.05) is 5.56 Å². The smallest absolute Gasteiger partial charge is 0.339 e. The zero-order chi connectivity index (χ0) is 15.7. The molecule has 22 heavy (non-hydrogen) atoms. The first-order valence-corrected chi connectivity index (χ1v) is 6.61. The molecule has 3 rings (SSSR count). The first-order valence-electron chi connectivity index (χ1n) is 6.61. The summed E-state index contributed by atoms with van der Waals surface area (Å²) in [5.74, 6) is -0.987. The molecule has 0 aliphatic heterocycles. The summed E-state index contributed by atoms with van der Waals surface area (Å²) in [6.07, 6.45) is 0. The monoisotopic (exact) mass is 296 g/mol. The molecular formula is C17H12O5. The molecule has 0 spiro atoms. The molecule has 5 heteroatoms. The van der Waals surface area contributed by atoms with Gasteiger partial charge in [0.25, 0.3) is 0 Å². The molecule has 1 heterocycles. The van der Waals surface area contributed by atoms with Crippen LogP contribution in [0.4, 0.5) is 0 Å². The maximum atomic E-state index is 12.5. The van der Waals surface area contributed by atoms with Gasteiger partial charge in [0.15, 0.2) is 11.0 Å². The molecule has 0 fully saturated rings. The highest BCUT2D eigenvalue weighted by Gasteiger charge is 2.19. The molecule has 0 amide bonds. The van der Waals surface area contributed by atoms with Gasteiger partial charge >= 0.3 is 5.97 Å². The number of aromatic carboxylic acids is 1. The quantitative estimate of drug-likeness (QED) is 0.775. The molecule has 2 N–H and O–H groups in total. The van der Waals surface area contributed by atoms with Gasteiger partial charge in [0.1, 0.15) is 11.3 Å². The highest BCUT2D eigenvalue weighted by atomic mass is 16.4. The molecular weight excluding hydrogens is 284 g/mol. The Balaban J connectivity index is 2.45. The molecule has 0 atom stereocenters. The molecule has 0 aliphatic rings. The van der Waals surface area contributed by atoms with Gasteiger partial charge in [-0.15, -0.1) is 0 Å². The summed E-state index contributed by atoms with van der Waals surface area (Å²) in [4.78, 5) is 23.8. The minimum atomic E-state index is -1.18. The maximum absolute atomic E-state index is 12.5. The highest BCUT2D eigenvalue weighted by Crippen LogP contribution is 2.27. The van der Waals surface area contributed by atoms with E-state index in [0.29, 0.717) is 5.56 Å². The standard InChI is InChI=1S/C17H12O5/c18-9-13-14(19)11-7-4-8-12(17(20)21)16(11)22-15(13)10-5-2-1-3-6-10/h1-8,18H,9H2,(H,20,21). The Morgan fingerprint density at radius 2 is 1.77 bits per heavy atom. The summed E-state index contributed by atoms with van der Waals surface area (Å²) in [6, 6.07) is 13.1. The molecule has 0 saturated heterocycles. The first kappa shape index (κ1) is 14.0. The van der Waals surface area contributed by atoms with E-state index in [4.69, 9.17) is 4.42 Å². The number of carboxylic acid groups (broad SMARTS) is 1. The van der Waals surface area contributed by atoms with Gasteiger partial charge in [-0.2, -0.15) is 0 Å². The third-order valence-electron chi connectivity index (χ3n) is 3.44. The van der Waals surface area contributed by atoms with Crippen molar-refractivity contribution in [1.82, 2.24) is 0 Å². The minimum absolute atomic E-state index is 0.0102. The number of hydrogen-bond acceptors (Lipinski definition) is 4. The summed E-state index contributed by atoms with van der Waals surface area (Å²) in [5, 5.41) is 18.9. The lowest BCUT2D eigenvalue weighted by molar-refractivity contribution is 0.0698. The van der Waals surface area contributed by atoms with Crippen LogP contribution in [0.5, 0.6) is 0 Å². The lowest BCUT2D eigenvalue weighted by atomic mass is 10.0. The Morgan fingerprint density at radius 1 is 1.05 bits per heavy atom. The van der Waals surface area contributed by atoms with Crippen LogP contribution in [-0.4, -0.2) is 16.2 Å². The molecule has 0 radical (unpaired) electrons. The number of hydrogen-bond donors (Lipinski definition) is 2. The Kier molecular flexibility index (Phi) is 3.48. The maximum Gasteiger partial charge on any atom is 0.339 e. The summed E-state index contributed by atoms with van der Waals surface area (Å²) < 4.78 is 5.70. The van der Waals surface area contributed by atoms with Gasteiger partial charge in [-0.1, -0.05) is 36.4 Å². The zero-order valence-corrected chi connectivity index (χ0v) is 11.4. The van der Waals surface area contributed by atoms with Crippen LogP contribution in [0.25, 0.3) is 22.3 Å². The number of carbonyl (C=O) groups is 1. The van der Waals surface area contributed by atoms with Crippen LogP contribution in [0, 0.1) is 0 Å². The molecule has 3 aromatic rings. The van der Waals surface area contributed by atoms with Crippen molar-refractivity contribution >= 4 is 16.9 Å². The SMILES string of the molecule is O=C(O)c1cccc2c(=O)c(CO)c(-c3ccccc3)oc12. The molecule has 0 unspecified atom stereocenters. The second kappa shape index (κ2) is 5.46. The average Bonchev–Trinajstić information content (AvgIpc) is 2.55. The van der Waals surface area contributed by atoms with Crippen LogP contribution in [0.3, 0.4) is 0 Å². The highest BCUT2D eigenvalue weighted by molar-refractivity contribution is 6.01. The normalized spacial score (nSPS) is 10.8. The number of carboxylic acids is 1. The van der Waals surface area contributed by atoms with Gasteiger partial charge < -0.3 is 14.6 Å². The van der Waals surface area contributed by atoms with Crippen LogP contribution < -0.4 is 5.43 Å². The van der Waals surface area contributed by atoms with E-state index in [9.17, 15) is 19.8 Å². The molecule has 2 aromatic carbocycles. The van der Waals surface area contributed by atoms with Crippen molar-refractivity contribution in [3.63, 3.8) is 0 Å². The fourth-order valence-electron chi connectivity index (χ4n) is 2.39. The predicted molar refractivity (Wildman–Crippen MR) is 80.8 cm³/mol. The molecule has 0 saturated carbocycles. The summed E-state index contributed by atoms with van der Waals surface area (Å²) in [5.41, 5.74) is 0.213. The van der Waals surface area contributed by atoms with Crippen molar-refractivity contribution < 1.29 is 19.4 Å². The van der Waals surface area contributed by atoms with Crippen molar-refractivity contribution in [1.29, 1.82) is 0 Å². The van der Waals surface area contributed by atoms with Crippen LogP contribution in [-0.2, 0) is 6.61 Å². The van der Waals surface area contributed by atoms with E-state index in [-0.39, 0.29) is 27.9 Å². The van der Waals surface area contributed by atoms with E-state index >= 15 is 0 Å². The third kappa shape index (κ3) is 2.17. The first-order chi connectivity index (χ1) is 10.6. The van der Waals surface area contributed by atoms with E-state index in [0.717, 1.165) is 0 Å². The Bertz CT molecular complexity index is 909. The lowest BCUT2D eigenvalue weighted by Crippen LogP contribution is -2.12. The summed E-state index contributed by atoms with van der Waals surface area (Å²) in [6.45, 7) is -0.486. The number of benzene rings is 2.